The van der Waals surface area contributed by atoms with Gasteiger partial charge in [0.15, 0.2) is 9.84 Å². The van der Waals surface area contributed by atoms with Gasteiger partial charge >= 0.3 is 5.69 Å². The van der Waals surface area contributed by atoms with E-state index in [4.69, 9.17) is 0 Å². The number of nitro benzene ring substituents is 1. The standard InChI is InChI=1S/C15H16N2O4S2/c1-23(20,21)14-6-2-4-13(15(14)17(18)19)16-8-3-5-12(16)11-7-9-22-10-11/h2,4,6-7,9-10,12H,3,5,8H2,1H3. The van der Waals surface area contributed by atoms with E-state index >= 15 is 0 Å². The van der Waals surface area contributed by atoms with Crippen molar-refractivity contribution in [3.8, 4) is 0 Å². The third kappa shape index (κ3) is 2.96. The number of sulfone groups is 1. The van der Waals surface area contributed by atoms with Gasteiger partial charge in [-0.1, -0.05) is 6.07 Å². The molecule has 122 valence electrons. The molecule has 1 aliphatic rings. The molecule has 1 saturated heterocycles. The zero-order valence-corrected chi connectivity index (χ0v) is 14.1. The van der Waals surface area contributed by atoms with Crippen molar-refractivity contribution in [2.45, 2.75) is 23.8 Å². The van der Waals surface area contributed by atoms with Crippen molar-refractivity contribution in [3.05, 3.63) is 50.7 Å². The first-order chi connectivity index (χ1) is 10.9. The van der Waals surface area contributed by atoms with Gasteiger partial charge in [-0.2, -0.15) is 11.3 Å². The summed E-state index contributed by atoms with van der Waals surface area (Å²) in [6.45, 7) is 0.675. The summed E-state index contributed by atoms with van der Waals surface area (Å²) in [6, 6.07) is 6.57. The van der Waals surface area contributed by atoms with Crippen molar-refractivity contribution in [2.75, 3.05) is 17.7 Å². The molecule has 1 fully saturated rings. The lowest BCUT2D eigenvalue weighted by Crippen LogP contribution is -2.23. The highest BCUT2D eigenvalue weighted by atomic mass is 32.2. The fourth-order valence-electron chi connectivity index (χ4n) is 3.09. The summed E-state index contributed by atoms with van der Waals surface area (Å²) in [4.78, 5) is 12.7. The first-order valence-electron chi connectivity index (χ1n) is 7.16. The van der Waals surface area contributed by atoms with Gasteiger partial charge in [-0.3, -0.25) is 10.1 Å². The molecule has 8 heteroatoms. The Hall–Kier alpha value is -1.93. The van der Waals surface area contributed by atoms with Gasteiger partial charge < -0.3 is 4.90 Å². The van der Waals surface area contributed by atoms with Crippen molar-refractivity contribution in [1.29, 1.82) is 0 Å². The van der Waals surface area contributed by atoms with Crippen LogP contribution in [0.3, 0.4) is 0 Å². The molecule has 0 aliphatic carbocycles. The molecule has 1 aliphatic heterocycles. The molecule has 1 unspecified atom stereocenters. The maximum atomic E-state index is 11.9. The number of anilines is 1. The molecule has 0 spiro atoms. The van der Waals surface area contributed by atoms with Crippen LogP contribution in [0.5, 0.6) is 0 Å². The van der Waals surface area contributed by atoms with Crippen LogP contribution in [0.2, 0.25) is 0 Å². The second-order valence-electron chi connectivity index (χ2n) is 5.56. The van der Waals surface area contributed by atoms with E-state index in [1.54, 1.807) is 23.5 Å². The SMILES string of the molecule is CS(=O)(=O)c1cccc(N2CCCC2c2ccsc2)c1[N+](=O)[O-]. The summed E-state index contributed by atoms with van der Waals surface area (Å²) in [6.07, 6.45) is 2.82. The van der Waals surface area contributed by atoms with Crippen LogP contribution in [0.1, 0.15) is 24.4 Å². The van der Waals surface area contributed by atoms with E-state index in [1.165, 1.54) is 6.07 Å². The van der Waals surface area contributed by atoms with Gasteiger partial charge in [0, 0.05) is 12.8 Å². The largest absolute Gasteiger partial charge is 0.359 e. The predicted octanol–water partition coefficient (Wildman–Crippen LogP) is 3.40. The van der Waals surface area contributed by atoms with Crippen molar-refractivity contribution >= 4 is 32.5 Å². The molecule has 3 rings (SSSR count). The average molecular weight is 352 g/mol. The number of hydrogen-bond acceptors (Lipinski definition) is 6. The quantitative estimate of drug-likeness (QED) is 0.622. The van der Waals surface area contributed by atoms with Gasteiger partial charge in [0.25, 0.3) is 0 Å². The van der Waals surface area contributed by atoms with Gasteiger partial charge in [-0.05, 0) is 47.4 Å². The normalized spacial score (nSPS) is 18.3. The molecule has 6 nitrogen and oxygen atoms in total. The second-order valence-corrected chi connectivity index (χ2v) is 8.33. The molecule has 0 radical (unpaired) electrons. The molecule has 2 aromatic rings. The van der Waals surface area contributed by atoms with Crippen LogP contribution in [-0.2, 0) is 9.84 Å². The maximum Gasteiger partial charge on any atom is 0.311 e. The van der Waals surface area contributed by atoms with Crippen LogP contribution in [0.4, 0.5) is 11.4 Å². The summed E-state index contributed by atoms with van der Waals surface area (Å²) in [5, 5.41) is 15.6. The smallest absolute Gasteiger partial charge is 0.311 e. The number of rotatable bonds is 4. The Balaban J connectivity index is 2.14. The fraction of sp³-hybridized carbons (Fsp3) is 0.333. The zero-order chi connectivity index (χ0) is 16.6. The van der Waals surface area contributed by atoms with E-state index < -0.39 is 14.8 Å². The highest BCUT2D eigenvalue weighted by Gasteiger charge is 2.34. The minimum atomic E-state index is -3.67. The monoisotopic (exact) mass is 352 g/mol. The van der Waals surface area contributed by atoms with Gasteiger partial charge in [0.1, 0.15) is 10.6 Å². The van der Waals surface area contributed by atoms with E-state index in [0.29, 0.717) is 12.2 Å². The summed E-state index contributed by atoms with van der Waals surface area (Å²) < 4.78 is 23.8. The molecule has 0 N–H and O–H groups in total. The highest BCUT2D eigenvalue weighted by Crippen LogP contribution is 2.43. The van der Waals surface area contributed by atoms with Crippen molar-refractivity contribution in [3.63, 3.8) is 0 Å². The summed E-state index contributed by atoms with van der Waals surface area (Å²) in [5.74, 6) is 0. The molecule has 2 heterocycles. The molecular formula is C15H16N2O4S2. The van der Waals surface area contributed by atoms with Gasteiger partial charge in [0.2, 0.25) is 0 Å². The van der Waals surface area contributed by atoms with Crippen LogP contribution in [0.15, 0.2) is 39.9 Å². The number of hydrogen-bond donors (Lipinski definition) is 0. The van der Waals surface area contributed by atoms with Crippen LogP contribution in [0, 0.1) is 10.1 Å². The molecule has 0 amide bonds. The highest BCUT2D eigenvalue weighted by molar-refractivity contribution is 7.90. The van der Waals surface area contributed by atoms with Gasteiger partial charge in [-0.25, -0.2) is 8.42 Å². The van der Waals surface area contributed by atoms with E-state index in [2.05, 4.69) is 0 Å². The van der Waals surface area contributed by atoms with Crippen molar-refractivity contribution in [2.24, 2.45) is 0 Å². The van der Waals surface area contributed by atoms with Crippen LogP contribution >= 0.6 is 11.3 Å². The lowest BCUT2D eigenvalue weighted by atomic mass is 10.1. The van der Waals surface area contributed by atoms with E-state index in [9.17, 15) is 18.5 Å². The number of nitrogens with zero attached hydrogens (tertiary/aromatic N) is 2. The zero-order valence-electron chi connectivity index (χ0n) is 12.5. The Labute approximate surface area is 138 Å². The van der Waals surface area contributed by atoms with Gasteiger partial charge in [0.05, 0.1) is 11.0 Å². The van der Waals surface area contributed by atoms with E-state index in [-0.39, 0.29) is 16.6 Å². The number of thiophene rings is 1. The second kappa shape index (κ2) is 5.93. The Kier molecular flexibility index (Phi) is 4.11. The lowest BCUT2D eigenvalue weighted by molar-refractivity contribution is -0.387. The fourth-order valence-corrected chi connectivity index (χ4v) is 4.65. The Morgan fingerprint density at radius 2 is 2.13 bits per heavy atom. The number of para-hydroxylation sites is 1. The Morgan fingerprint density at radius 3 is 2.74 bits per heavy atom. The molecule has 0 bridgehead atoms. The van der Waals surface area contributed by atoms with Crippen LogP contribution < -0.4 is 4.90 Å². The van der Waals surface area contributed by atoms with E-state index in [0.717, 1.165) is 24.7 Å². The number of benzene rings is 1. The maximum absolute atomic E-state index is 11.9. The topological polar surface area (TPSA) is 80.5 Å². The third-order valence-electron chi connectivity index (χ3n) is 4.05. The van der Waals surface area contributed by atoms with Crippen molar-refractivity contribution < 1.29 is 13.3 Å². The van der Waals surface area contributed by atoms with Crippen LogP contribution in [-0.4, -0.2) is 26.1 Å². The first kappa shape index (κ1) is 15.9. The summed E-state index contributed by atoms with van der Waals surface area (Å²) in [5.41, 5.74) is 1.18. The average Bonchev–Trinajstić information content (AvgIpc) is 3.16. The minimum Gasteiger partial charge on any atom is -0.359 e. The lowest BCUT2D eigenvalue weighted by Gasteiger charge is -2.26. The minimum absolute atomic E-state index is 0.0507. The molecule has 1 aromatic heterocycles. The molecule has 1 aromatic carbocycles. The Bertz CT molecular complexity index is 831. The number of nitro groups is 1. The predicted molar refractivity (Wildman–Crippen MR) is 89.8 cm³/mol. The molecule has 0 saturated carbocycles. The molecular weight excluding hydrogens is 336 g/mol. The molecule has 1 atom stereocenters. The summed E-state index contributed by atoms with van der Waals surface area (Å²) >= 11 is 1.59. The van der Waals surface area contributed by atoms with Crippen LogP contribution in [0.25, 0.3) is 0 Å². The Morgan fingerprint density at radius 1 is 1.35 bits per heavy atom. The molecule has 23 heavy (non-hydrogen) atoms. The first-order valence-corrected chi connectivity index (χ1v) is 9.99. The van der Waals surface area contributed by atoms with Crippen molar-refractivity contribution in [1.82, 2.24) is 0 Å². The van der Waals surface area contributed by atoms with Gasteiger partial charge in [-0.15, -0.1) is 0 Å². The summed E-state index contributed by atoms with van der Waals surface area (Å²) in [7, 11) is -3.67. The third-order valence-corrected chi connectivity index (χ3v) is 5.88. The van der Waals surface area contributed by atoms with E-state index in [1.807, 2.05) is 21.7 Å².